The number of aliphatic carboxylic acids is 2. The van der Waals surface area contributed by atoms with E-state index in [1.807, 2.05) is 0 Å². The van der Waals surface area contributed by atoms with Crippen LogP contribution in [0, 0.1) is 5.92 Å². The van der Waals surface area contributed by atoms with Crippen molar-refractivity contribution >= 4 is 53.6 Å². The molecule has 22 heteroatoms. The Morgan fingerprint density at radius 2 is 1.22 bits per heavy atom. The van der Waals surface area contributed by atoms with Gasteiger partial charge in [0.15, 0.2) is 5.96 Å². The van der Waals surface area contributed by atoms with Gasteiger partial charge >= 0.3 is 18.0 Å². The normalized spacial score (nSPS) is 12.8. The molecule has 0 radical (unpaired) electrons. The summed E-state index contributed by atoms with van der Waals surface area (Å²) in [7, 11) is 1.14. The quantitative estimate of drug-likeness (QED) is 0.0259. The second-order valence-corrected chi connectivity index (χ2v) is 14.8. The van der Waals surface area contributed by atoms with Crippen LogP contribution in [0.5, 0.6) is 5.75 Å². The summed E-state index contributed by atoms with van der Waals surface area (Å²) in [6, 6.07) is 8.35. The molecule has 22 nitrogen and oxygen atoms in total. The molecule has 5 amide bonds. The number of nitrogens with one attached hydrogen (secondary N) is 5. The molecular weight excluding hydrogens is 839 g/mol. The summed E-state index contributed by atoms with van der Waals surface area (Å²) >= 11 is 0. The number of rotatable bonds is 26. The van der Waals surface area contributed by atoms with Gasteiger partial charge in [-0.25, -0.2) is 9.59 Å². The molecule has 0 spiro atoms. The first-order chi connectivity index (χ1) is 30.3. The van der Waals surface area contributed by atoms with Crippen LogP contribution in [-0.2, 0) is 56.1 Å². The molecule has 14 N–H and O–H groups in total. The Kier molecular flexibility index (Phi) is 25.9. The zero-order chi connectivity index (χ0) is 48.2. The van der Waals surface area contributed by atoms with Gasteiger partial charge in [-0.05, 0) is 74.2 Å². The maximum absolute atomic E-state index is 13.9. The van der Waals surface area contributed by atoms with E-state index in [0.717, 1.165) is 14.0 Å². The summed E-state index contributed by atoms with van der Waals surface area (Å²) in [6.45, 7) is 4.66. The fraction of sp³-hybridized carbons (Fsp3) is 0.500. The number of esters is 1. The Labute approximate surface area is 371 Å². The molecule has 0 aromatic heterocycles. The average Bonchev–Trinajstić information content (AvgIpc) is 3.24. The number of nitrogens with two attached hydrogens (primary N) is 3. The van der Waals surface area contributed by atoms with Gasteiger partial charge in [0.25, 0.3) is 5.97 Å². The van der Waals surface area contributed by atoms with Gasteiger partial charge in [0.05, 0.1) is 7.11 Å². The number of carbonyl (C=O) groups is 8. The Balaban J connectivity index is 0.00000490. The minimum absolute atomic E-state index is 0.000417. The second-order valence-electron chi connectivity index (χ2n) is 14.8. The number of phenols is 1. The molecule has 0 bridgehead atoms. The van der Waals surface area contributed by atoms with Crippen molar-refractivity contribution in [3.8, 4) is 5.75 Å². The third kappa shape index (κ3) is 23.3. The second kappa shape index (κ2) is 30.1. The van der Waals surface area contributed by atoms with Crippen molar-refractivity contribution in [2.24, 2.45) is 28.1 Å². The number of hydrogen-bond acceptors (Lipinski definition) is 13. The lowest BCUT2D eigenvalue weighted by molar-refractivity contribution is -0.145. The number of unbranched alkanes of at least 4 members (excludes halogenated alkanes) is 1. The minimum atomic E-state index is -1.51. The molecule has 2 rings (SSSR count). The molecule has 5 unspecified atom stereocenters. The van der Waals surface area contributed by atoms with Crippen LogP contribution in [0.25, 0.3) is 0 Å². The summed E-state index contributed by atoms with van der Waals surface area (Å²) in [5.74, 6) is -6.96. The maximum atomic E-state index is 13.9. The van der Waals surface area contributed by atoms with Gasteiger partial charge in [-0.2, -0.15) is 0 Å². The van der Waals surface area contributed by atoms with E-state index in [2.05, 4.69) is 31.6 Å². The van der Waals surface area contributed by atoms with Crippen molar-refractivity contribution in [2.45, 2.75) is 109 Å². The predicted octanol–water partition coefficient (Wildman–Crippen LogP) is 0.136. The number of ether oxygens (including phenoxy) is 2. The molecule has 0 aliphatic carbocycles. The van der Waals surface area contributed by atoms with Gasteiger partial charge in [-0.15, -0.1) is 0 Å². The van der Waals surface area contributed by atoms with Crippen LogP contribution in [0.15, 0.2) is 59.6 Å². The lowest BCUT2D eigenvalue weighted by Crippen LogP contribution is -2.60. The highest BCUT2D eigenvalue weighted by atomic mass is 16.5. The molecule has 0 saturated heterocycles. The van der Waals surface area contributed by atoms with E-state index in [1.54, 1.807) is 56.3 Å². The first kappa shape index (κ1) is 55.0. The topological polar surface area (TPSA) is 366 Å². The van der Waals surface area contributed by atoms with Gasteiger partial charge in [-0.3, -0.25) is 33.8 Å². The third-order valence-electron chi connectivity index (χ3n) is 9.05. The first-order valence-corrected chi connectivity index (χ1v) is 20.5. The number of carboxylic acids is 2. The van der Waals surface area contributed by atoms with E-state index in [-0.39, 0.29) is 50.5 Å². The van der Waals surface area contributed by atoms with Crippen LogP contribution in [0.1, 0.15) is 76.8 Å². The highest BCUT2D eigenvalue weighted by Gasteiger charge is 2.34. The molecule has 0 saturated carbocycles. The van der Waals surface area contributed by atoms with Crippen LogP contribution in [-0.4, -0.2) is 119 Å². The largest absolute Gasteiger partial charge is 0.508 e. The summed E-state index contributed by atoms with van der Waals surface area (Å²) in [5.41, 5.74) is 17.9. The molecule has 2 aromatic rings. The van der Waals surface area contributed by atoms with Crippen molar-refractivity contribution in [2.75, 3.05) is 20.2 Å². The minimum Gasteiger partial charge on any atom is -0.508 e. The van der Waals surface area contributed by atoms with E-state index in [4.69, 9.17) is 36.6 Å². The molecule has 2 aromatic carbocycles. The average molecular weight is 902 g/mol. The van der Waals surface area contributed by atoms with E-state index in [0.29, 0.717) is 30.5 Å². The number of aliphatic imine (C=N–C) groups is 1. The Morgan fingerprint density at radius 1 is 0.688 bits per heavy atom. The fourth-order valence-electron chi connectivity index (χ4n) is 5.78. The van der Waals surface area contributed by atoms with E-state index in [1.165, 1.54) is 12.1 Å². The molecule has 64 heavy (non-hydrogen) atoms. The van der Waals surface area contributed by atoms with Gasteiger partial charge in [0.1, 0.15) is 42.6 Å². The Morgan fingerprint density at radius 3 is 1.75 bits per heavy atom. The zero-order valence-electron chi connectivity index (χ0n) is 36.5. The number of alkyl carbamates (subject to hydrolysis) is 1. The van der Waals surface area contributed by atoms with Crippen LogP contribution in [0.3, 0.4) is 0 Å². The van der Waals surface area contributed by atoms with Crippen LogP contribution in [0.4, 0.5) is 4.79 Å². The van der Waals surface area contributed by atoms with Crippen LogP contribution in [0.2, 0.25) is 0 Å². The molecule has 5 atom stereocenters. The number of hydrogen-bond donors (Lipinski definition) is 11. The lowest BCUT2D eigenvalue weighted by atomic mass is 10.00. The fourth-order valence-corrected chi connectivity index (χ4v) is 5.78. The number of carbonyl (C=O) groups excluding carboxylic acids is 6. The van der Waals surface area contributed by atoms with Crippen molar-refractivity contribution in [1.82, 2.24) is 26.6 Å². The number of carboxylic acid groups (broad SMARTS) is 2. The molecule has 0 aliphatic heterocycles. The van der Waals surface area contributed by atoms with Crippen molar-refractivity contribution < 1.29 is 63.1 Å². The first-order valence-electron chi connectivity index (χ1n) is 20.5. The van der Waals surface area contributed by atoms with Crippen molar-refractivity contribution in [3.63, 3.8) is 0 Å². The molecule has 354 valence electrons. The van der Waals surface area contributed by atoms with Gasteiger partial charge in [0, 0.05) is 26.3 Å². The van der Waals surface area contributed by atoms with Crippen molar-refractivity contribution in [3.05, 3.63) is 65.7 Å². The lowest BCUT2D eigenvalue weighted by Gasteiger charge is -2.28. The van der Waals surface area contributed by atoms with E-state index in [9.17, 15) is 43.8 Å². The molecular formula is C42H63N9O13. The molecule has 0 heterocycles. The summed E-state index contributed by atoms with van der Waals surface area (Å²) < 4.78 is 10.2. The molecule has 0 aliphatic rings. The number of amides is 5. The highest BCUT2D eigenvalue weighted by Crippen LogP contribution is 2.14. The van der Waals surface area contributed by atoms with Gasteiger partial charge in [-0.1, -0.05) is 56.3 Å². The Bertz CT molecular complexity index is 1840. The number of guanidine groups is 1. The standard InChI is InChI=1S/C40H59N9O11.C2H4O2/c1-24(2)33(37(56)47-31(38(57)59-3)22-25-14-16-27(50)17-15-25)49-36(55)30(18-19-32(51)52)46-34(53)28(13-9-21-44-39(42)43)45-35(54)29(12-7-8-20-41)48-40(58)60-23-26-10-5-4-6-11-26;1-2(3)4/h4-6,10-11,14-17,24,28-31,33,50H,7-9,12-13,18-23,41H2,1-3H3,(H,45,54)(H,46,53)(H,47,56)(H,48,58)(H,49,55)(H,51,52)(H4,42,43,44);1H3,(H,3,4). The smallest absolute Gasteiger partial charge is 0.408 e. The van der Waals surface area contributed by atoms with Crippen LogP contribution >= 0.6 is 0 Å². The summed E-state index contributed by atoms with van der Waals surface area (Å²) in [6.07, 6.45) is -0.630. The summed E-state index contributed by atoms with van der Waals surface area (Å²) in [4.78, 5) is 105. The Hall–Kier alpha value is -6.97. The van der Waals surface area contributed by atoms with E-state index < -0.39 is 96.6 Å². The number of methoxy groups -OCH3 is 1. The SMILES string of the molecule is CC(=O)O.COC(=O)C(Cc1ccc(O)cc1)NC(=O)C(NC(=O)C(CCC(=O)O)NC(=O)C(CCCN=C(N)N)NC(=O)C(CCCCN)NC(=O)OCc1ccccc1)C(C)C. The highest BCUT2D eigenvalue weighted by molar-refractivity contribution is 5.96. The van der Waals surface area contributed by atoms with Crippen LogP contribution < -0.4 is 43.8 Å². The zero-order valence-corrected chi connectivity index (χ0v) is 36.5. The number of phenolic OH excluding ortho intramolecular Hbond substituents is 1. The number of benzene rings is 2. The predicted molar refractivity (Wildman–Crippen MR) is 233 cm³/mol. The monoisotopic (exact) mass is 901 g/mol. The number of aromatic hydroxyl groups is 1. The summed E-state index contributed by atoms with van der Waals surface area (Å²) in [5, 5.41) is 39.4. The van der Waals surface area contributed by atoms with Gasteiger partial charge < -0.3 is 68.6 Å². The van der Waals surface area contributed by atoms with Gasteiger partial charge in [0.2, 0.25) is 23.6 Å². The third-order valence-corrected chi connectivity index (χ3v) is 9.05. The number of nitrogens with zero attached hydrogens (tertiary/aromatic N) is 1. The maximum Gasteiger partial charge on any atom is 0.408 e. The van der Waals surface area contributed by atoms with Crippen molar-refractivity contribution in [1.29, 1.82) is 0 Å². The van der Waals surface area contributed by atoms with E-state index >= 15 is 0 Å². The molecule has 0 fully saturated rings.